The maximum absolute atomic E-state index is 12.9. The lowest BCUT2D eigenvalue weighted by molar-refractivity contribution is 0.110. The SMILES string of the molecule is NCc1nc(C(F)F)c(C=O)cc1F. The highest BCUT2D eigenvalue weighted by atomic mass is 19.3. The van der Waals surface area contributed by atoms with Crippen LogP contribution in [0.4, 0.5) is 13.2 Å². The van der Waals surface area contributed by atoms with Gasteiger partial charge < -0.3 is 5.73 Å². The lowest BCUT2D eigenvalue weighted by Crippen LogP contribution is -2.08. The number of aldehydes is 1. The Kier molecular flexibility index (Phi) is 3.19. The standard InChI is InChI=1S/C8H7F3N2O/c9-5-1-4(3-14)7(8(10)11)13-6(5)2-12/h1,3,8H,2,12H2. The summed E-state index contributed by atoms with van der Waals surface area (Å²) in [6, 6.07) is 0.712. The van der Waals surface area contributed by atoms with Crippen molar-refractivity contribution in [3.63, 3.8) is 0 Å². The Morgan fingerprint density at radius 1 is 1.57 bits per heavy atom. The Morgan fingerprint density at radius 2 is 2.21 bits per heavy atom. The van der Waals surface area contributed by atoms with Gasteiger partial charge in [0.2, 0.25) is 0 Å². The summed E-state index contributed by atoms with van der Waals surface area (Å²) in [4.78, 5) is 13.6. The van der Waals surface area contributed by atoms with E-state index in [1.165, 1.54) is 0 Å². The van der Waals surface area contributed by atoms with Gasteiger partial charge in [0.05, 0.1) is 5.69 Å². The van der Waals surface area contributed by atoms with Crippen molar-refractivity contribution in [1.82, 2.24) is 4.98 Å². The molecule has 6 heteroatoms. The van der Waals surface area contributed by atoms with Crippen LogP contribution in [0.5, 0.6) is 0 Å². The minimum absolute atomic E-state index is 0.137. The van der Waals surface area contributed by atoms with Crippen molar-refractivity contribution in [2.45, 2.75) is 13.0 Å². The monoisotopic (exact) mass is 204 g/mol. The van der Waals surface area contributed by atoms with E-state index in [0.29, 0.717) is 6.07 Å². The molecular weight excluding hydrogens is 197 g/mol. The van der Waals surface area contributed by atoms with Crippen LogP contribution in [0.15, 0.2) is 6.07 Å². The largest absolute Gasteiger partial charge is 0.325 e. The third-order valence-electron chi connectivity index (χ3n) is 1.64. The van der Waals surface area contributed by atoms with E-state index in [-0.39, 0.29) is 18.5 Å². The highest BCUT2D eigenvalue weighted by Gasteiger charge is 2.17. The van der Waals surface area contributed by atoms with Gasteiger partial charge >= 0.3 is 0 Å². The first-order valence-electron chi connectivity index (χ1n) is 3.72. The fourth-order valence-electron chi connectivity index (χ4n) is 0.969. The number of hydrogen-bond donors (Lipinski definition) is 1. The van der Waals surface area contributed by atoms with E-state index in [1.54, 1.807) is 0 Å². The number of pyridine rings is 1. The van der Waals surface area contributed by atoms with Crippen molar-refractivity contribution in [2.75, 3.05) is 0 Å². The maximum atomic E-state index is 12.9. The van der Waals surface area contributed by atoms with E-state index in [9.17, 15) is 18.0 Å². The molecule has 1 heterocycles. The van der Waals surface area contributed by atoms with Gasteiger partial charge in [0.15, 0.2) is 6.29 Å². The molecule has 2 N–H and O–H groups in total. The summed E-state index contributed by atoms with van der Waals surface area (Å²) >= 11 is 0. The molecular formula is C8H7F3N2O. The first kappa shape index (κ1) is 10.6. The number of halogens is 3. The molecule has 1 rings (SSSR count). The zero-order chi connectivity index (χ0) is 10.7. The van der Waals surface area contributed by atoms with Crippen LogP contribution < -0.4 is 5.73 Å². The molecule has 0 bridgehead atoms. The summed E-state index contributed by atoms with van der Waals surface area (Å²) in [6.45, 7) is -0.287. The number of nitrogens with zero attached hydrogens (tertiary/aromatic N) is 1. The third-order valence-corrected chi connectivity index (χ3v) is 1.64. The minimum Gasteiger partial charge on any atom is -0.325 e. The van der Waals surface area contributed by atoms with Crippen LogP contribution in [0.2, 0.25) is 0 Å². The molecule has 76 valence electrons. The predicted octanol–water partition coefficient (Wildman–Crippen LogP) is 1.43. The molecule has 0 aliphatic rings. The Morgan fingerprint density at radius 3 is 2.64 bits per heavy atom. The second kappa shape index (κ2) is 4.19. The number of rotatable bonds is 3. The molecule has 0 aliphatic carbocycles. The molecule has 14 heavy (non-hydrogen) atoms. The average Bonchev–Trinajstić information content (AvgIpc) is 2.16. The van der Waals surface area contributed by atoms with Crippen LogP contribution in [-0.4, -0.2) is 11.3 Å². The van der Waals surface area contributed by atoms with E-state index >= 15 is 0 Å². The predicted molar refractivity (Wildman–Crippen MR) is 42.4 cm³/mol. The normalized spacial score (nSPS) is 10.6. The topological polar surface area (TPSA) is 56.0 Å². The molecule has 0 unspecified atom stereocenters. The van der Waals surface area contributed by atoms with Gasteiger partial charge in [-0.05, 0) is 6.07 Å². The lowest BCUT2D eigenvalue weighted by atomic mass is 10.2. The fourth-order valence-corrected chi connectivity index (χ4v) is 0.969. The quantitative estimate of drug-likeness (QED) is 0.757. The molecule has 0 saturated heterocycles. The van der Waals surface area contributed by atoms with E-state index in [0.717, 1.165) is 0 Å². The van der Waals surface area contributed by atoms with E-state index < -0.39 is 23.5 Å². The summed E-state index contributed by atoms with van der Waals surface area (Å²) in [6.07, 6.45) is -2.78. The first-order valence-corrected chi connectivity index (χ1v) is 3.72. The van der Waals surface area contributed by atoms with Gasteiger partial charge in [0, 0.05) is 12.1 Å². The summed E-state index contributed by atoms with van der Waals surface area (Å²) in [7, 11) is 0. The molecule has 0 spiro atoms. The highest BCUT2D eigenvalue weighted by Crippen LogP contribution is 2.21. The van der Waals surface area contributed by atoms with Crippen molar-refractivity contribution < 1.29 is 18.0 Å². The van der Waals surface area contributed by atoms with Gasteiger partial charge in [-0.2, -0.15) is 0 Å². The van der Waals surface area contributed by atoms with Crippen LogP contribution in [0.3, 0.4) is 0 Å². The molecule has 0 radical (unpaired) electrons. The smallest absolute Gasteiger partial charge is 0.281 e. The van der Waals surface area contributed by atoms with Crippen LogP contribution in [0, 0.1) is 5.82 Å². The zero-order valence-electron chi connectivity index (χ0n) is 7.01. The molecule has 0 fully saturated rings. The van der Waals surface area contributed by atoms with Crippen LogP contribution in [-0.2, 0) is 6.54 Å². The Balaban J connectivity index is 3.32. The Labute approximate surface area is 77.7 Å². The van der Waals surface area contributed by atoms with E-state index in [4.69, 9.17) is 5.73 Å². The Hall–Kier alpha value is -1.43. The Bertz CT molecular complexity index is 355. The van der Waals surface area contributed by atoms with Crippen molar-refractivity contribution in [3.05, 3.63) is 28.8 Å². The molecule has 1 aromatic heterocycles. The van der Waals surface area contributed by atoms with Crippen molar-refractivity contribution in [3.8, 4) is 0 Å². The number of aromatic nitrogens is 1. The fraction of sp³-hybridized carbons (Fsp3) is 0.250. The van der Waals surface area contributed by atoms with Gasteiger partial charge in [0.25, 0.3) is 6.43 Å². The van der Waals surface area contributed by atoms with Gasteiger partial charge in [-0.1, -0.05) is 0 Å². The highest BCUT2D eigenvalue weighted by molar-refractivity contribution is 5.76. The lowest BCUT2D eigenvalue weighted by Gasteiger charge is -2.05. The molecule has 0 atom stereocenters. The van der Waals surface area contributed by atoms with Crippen LogP contribution in [0.25, 0.3) is 0 Å². The molecule has 0 aliphatic heterocycles. The van der Waals surface area contributed by atoms with Gasteiger partial charge in [-0.25, -0.2) is 18.2 Å². The average molecular weight is 204 g/mol. The van der Waals surface area contributed by atoms with Gasteiger partial charge in [-0.3, -0.25) is 4.79 Å². The molecule has 0 aromatic carbocycles. The second-order valence-electron chi connectivity index (χ2n) is 2.51. The molecule has 0 amide bonds. The number of alkyl halides is 2. The molecule has 1 aromatic rings. The summed E-state index contributed by atoms with van der Waals surface area (Å²) in [5, 5.41) is 0. The first-order chi connectivity index (χ1) is 6.60. The van der Waals surface area contributed by atoms with Gasteiger partial charge in [0.1, 0.15) is 11.5 Å². The van der Waals surface area contributed by atoms with Crippen LogP contribution in [0.1, 0.15) is 28.2 Å². The maximum Gasteiger partial charge on any atom is 0.281 e. The molecule has 0 saturated carbocycles. The third kappa shape index (κ3) is 1.90. The number of carbonyl (C=O) groups excluding carboxylic acids is 1. The number of hydrogen-bond acceptors (Lipinski definition) is 3. The summed E-state index contributed by atoms with van der Waals surface area (Å²) < 4.78 is 37.5. The van der Waals surface area contributed by atoms with Crippen molar-refractivity contribution >= 4 is 6.29 Å². The van der Waals surface area contributed by atoms with Crippen LogP contribution >= 0.6 is 0 Å². The minimum atomic E-state index is -2.92. The second-order valence-corrected chi connectivity index (χ2v) is 2.51. The van der Waals surface area contributed by atoms with E-state index in [2.05, 4.69) is 4.98 Å². The number of nitrogens with two attached hydrogens (primary N) is 1. The number of carbonyl (C=O) groups is 1. The summed E-state index contributed by atoms with van der Waals surface area (Å²) in [5.41, 5.74) is 3.62. The van der Waals surface area contributed by atoms with Gasteiger partial charge in [-0.15, -0.1) is 0 Å². The van der Waals surface area contributed by atoms with Crippen molar-refractivity contribution in [2.24, 2.45) is 5.73 Å². The van der Waals surface area contributed by atoms with Crippen molar-refractivity contribution in [1.29, 1.82) is 0 Å². The molecule has 3 nitrogen and oxygen atoms in total. The van der Waals surface area contributed by atoms with E-state index in [1.807, 2.05) is 0 Å². The summed E-state index contributed by atoms with van der Waals surface area (Å²) in [5.74, 6) is -0.848. The zero-order valence-corrected chi connectivity index (χ0v) is 7.01.